The van der Waals surface area contributed by atoms with E-state index in [1.165, 1.54) is 0 Å². The predicted octanol–water partition coefficient (Wildman–Crippen LogP) is 6.82. The van der Waals surface area contributed by atoms with Crippen LogP contribution in [-0.4, -0.2) is 10.9 Å². The molecule has 5 rings (SSSR count). The van der Waals surface area contributed by atoms with Crippen LogP contribution in [0, 0.1) is 5.92 Å². The molecule has 0 spiro atoms. The van der Waals surface area contributed by atoms with Crippen molar-refractivity contribution >= 4 is 11.4 Å². The van der Waals surface area contributed by atoms with Gasteiger partial charge in [0.1, 0.15) is 5.60 Å². The zero-order chi connectivity index (χ0) is 23.6. The lowest BCUT2D eigenvalue weighted by Crippen LogP contribution is -2.53. The van der Waals surface area contributed by atoms with Gasteiger partial charge in [0.25, 0.3) is 0 Å². The lowest BCUT2D eigenvalue weighted by molar-refractivity contribution is -0.00846. The molecule has 0 fully saturated rings. The van der Waals surface area contributed by atoms with Gasteiger partial charge in [-0.15, -0.1) is 0 Å². The summed E-state index contributed by atoms with van der Waals surface area (Å²) in [6.07, 6.45) is 2.56. The Morgan fingerprint density at radius 1 is 0.706 bits per heavy atom. The summed E-state index contributed by atoms with van der Waals surface area (Å²) in [5, 5.41) is 12.6. The van der Waals surface area contributed by atoms with Gasteiger partial charge < -0.3 is 5.11 Å². The van der Waals surface area contributed by atoms with E-state index < -0.39 is 16.9 Å². The molecule has 0 amide bonds. The monoisotopic (exact) mass is 444 g/mol. The van der Waals surface area contributed by atoms with Crippen LogP contribution in [0.3, 0.4) is 0 Å². The molecule has 0 aromatic heterocycles. The Hall–Kier alpha value is -3.75. The van der Waals surface area contributed by atoms with Crippen molar-refractivity contribution in [3.05, 3.63) is 150 Å². The normalized spacial score (nSPS) is 24.3. The van der Waals surface area contributed by atoms with E-state index in [0.29, 0.717) is 12.0 Å². The zero-order valence-electron chi connectivity index (χ0n) is 19.3. The Kier molecular flexibility index (Phi) is 5.77. The van der Waals surface area contributed by atoms with Crippen molar-refractivity contribution in [1.82, 2.24) is 0 Å². The minimum atomic E-state index is -1.48. The van der Waals surface area contributed by atoms with Gasteiger partial charge >= 0.3 is 0 Å². The molecule has 0 unspecified atom stereocenters. The molecule has 0 aliphatic heterocycles. The SMILES string of the molecule is C[C@@]1(c2ccccc2)CC(c2ccccc2)=C[C@](O)(c2ccccc2)[C@@H]1C(=O)c1ccccc1. The molecule has 2 nitrogen and oxygen atoms in total. The molecule has 1 aliphatic rings. The second kappa shape index (κ2) is 8.89. The van der Waals surface area contributed by atoms with Crippen LogP contribution in [0.25, 0.3) is 5.57 Å². The summed E-state index contributed by atoms with van der Waals surface area (Å²) in [5.74, 6) is -0.763. The largest absolute Gasteiger partial charge is 0.380 e. The first-order chi connectivity index (χ1) is 16.5. The van der Waals surface area contributed by atoms with Crippen molar-refractivity contribution in [1.29, 1.82) is 0 Å². The summed E-state index contributed by atoms with van der Waals surface area (Å²) in [6, 6.07) is 39.3. The third-order valence-corrected chi connectivity index (χ3v) is 7.16. The van der Waals surface area contributed by atoms with E-state index in [1.807, 2.05) is 103 Å². The highest BCUT2D eigenvalue weighted by Crippen LogP contribution is 2.54. The Balaban J connectivity index is 1.80. The fourth-order valence-corrected chi connectivity index (χ4v) is 5.52. The zero-order valence-corrected chi connectivity index (χ0v) is 19.3. The number of allylic oxidation sites excluding steroid dienone is 1. The van der Waals surface area contributed by atoms with Crippen molar-refractivity contribution in [2.24, 2.45) is 5.92 Å². The minimum absolute atomic E-state index is 0.0540. The average molecular weight is 445 g/mol. The van der Waals surface area contributed by atoms with Crippen LogP contribution in [0.15, 0.2) is 127 Å². The van der Waals surface area contributed by atoms with E-state index in [1.54, 1.807) is 0 Å². The summed E-state index contributed by atoms with van der Waals surface area (Å²) < 4.78 is 0. The van der Waals surface area contributed by atoms with Gasteiger partial charge in [0.05, 0.1) is 5.92 Å². The lowest BCUT2D eigenvalue weighted by atomic mass is 9.54. The molecule has 0 saturated heterocycles. The Labute approximate surface area is 201 Å². The molecule has 1 aliphatic carbocycles. The maximum atomic E-state index is 14.2. The second-order valence-electron chi connectivity index (χ2n) is 9.35. The first-order valence-corrected chi connectivity index (χ1v) is 11.7. The van der Waals surface area contributed by atoms with Crippen molar-refractivity contribution in [2.75, 3.05) is 0 Å². The fraction of sp³-hybridized carbons (Fsp3) is 0.156. The summed E-state index contributed by atoms with van der Waals surface area (Å²) in [4.78, 5) is 14.2. The Morgan fingerprint density at radius 3 is 1.74 bits per heavy atom. The molecule has 4 aromatic carbocycles. The number of hydrogen-bond acceptors (Lipinski definition) is 2. The number of aliphatic hydroxyl groups is 1. The molecule has 1 N–H and O–H groups in total. The van der Waals surface area contributed by atoms with Gasteiger partial charge in [-0.3, -0.25) is 4.79 Å². The van der Waals surface area contributed by atoms with Gasteiger partial charge in [-0.2, -0.15) is 0 Å². The summed E-state index contributed by atoms with van der Waals surface area (Å²) in [6.45, 7) is 2.12. The number of Topliss-reactive ketones (excluding diaryl/α,β-unsaturated/α-hetero) is 1. The van der Waals surface area contributed by atoms with E-state index in [0.717, 1.165) is 22.3 Å². The highest BCUT2D eigenvalue weighted by molar-refractivity contribution is 6.01. The molecule has 4 aromatic rings. The molecular weight excluding hydrogens is 416 g/mol. The minimum Gasteiger partial charge on any atom is -0.380 e. The van der Waals surface area contributed by atoms with Gasteiger partial charge in [0, 0.05) is 11.0 Å². The van der Waals surface area contributed by atoms with Crippen LogP contribution in [0.4, 0.5) is 0 Å². The van der Waals surface area contributed by atoms with Gasteiger partial charge in [0.2, 0.25) is 0 Å². The molecule has 0 radical (unpaired) electrons. The van der Waals surface area contributed by atoms with E-state index in [9.17, 15) is 9.90 Å². The first kappa shape index (κ1) is 22.1. The van der Waals surface area contributed by atoms with E-state index in [2.05, 4.69) is 31.2 Å². The highest BCUT2D eigenvalue weighted by Gasteiger charge is 2.55. The molecular formula is C32H28O2. The highest BCUT2D eigenvalue weighted by atomic mass is 16.3. The summed E-state index contributed by atoms with van der Waals surface area (Å²) >= 11 is 0. The van der Waals surface area contributed by atoms with E-state index >= 15 is 0 Å². The maximum absolute atomic E-state index is 14.2. The third-order valence-electron chi connectivity index (χ3n) is 7.16. The topological polar surface area (TPSA) is 37.3 Å². The first-order valence-electron chi connectivity index (χ1n) is 11.7. The van der Waals surface area contributed by atoms with Crippen LogP contribution in [0.5, 0.6) is 0 Å². The van der Waals surface area contributed by atoms with Crippen molar-refractivity contribution in [2.45, 2.75) is 24.4 Å². The number of hydrogen-bond donors (Lipinski definition) is 1. The molecule has 2 heteroatoms. The quantitative estimate of drug-likeness (QED) is 0.343. The van der Waals surface area contributed by atoms with Crippen molar-refractivity contribution in [3.63, 3.8) is 0 Å². The summed E-state index contributed by atoms with van der Waals surface area (Å²) in [5.41, 5.74) is 2.35. The molecule has 34 heavy (non-hydrogen) atoms. The van der Waals surface area contributed by atoms with Crippen LogP contribution >= 0.6 is 0 Å². The average Bonchev–Trinajstić information content (AvgIpc) is 2.90. The number of benzene rings is 4. The van der Waals surface area contributed by atoms with Crippen LogP contribution in [0.1, 0.15) is 40.4 Å². The molecule has 0 saturated carbocycles. The lowest BCUT2D eigenvalue weighted by Gasteiger charge is -2.49. The van der Waals surface area contributed by atoms with Crippen molar-refractivity contribution < 1.29 is 9.90 Å². The number of ketones is 1. The van der Waals surface area contributed by atoms with Crippen LogP contribution in [0.2, 0.25) is 0 Å². The van der Waals surface area contributed by atoms with Gasteiger partial charge in [0.15, 0.2) is 5.78 Å². The Morgan fingerprint density at radius 2 is 1.18 bits per heavy atom. The molecule has 0 bridgehead atoms. The van der Waals surface area contributed by atoms with E-state index in [-0.39, 0.29) is 5.78 Å². The number of carbonyl (C=O) groups excluding carboxylic acids is 1. The van der Waals surface area contributed by atoms with Gasteiger partial charge in [-0.25, -0.2) is 0 Å². The standard InChI is InChI=1S/C32H28O2/c1-31(27-18-10-4-11-19-27)22-26(24-14-6-2-7-15-24)23-32(34,28-20-12-5-13-21-28)30(31)29(33)25-16-8-3-9-17-25/h2-21,23,30,34H,22H2,1H3/t30-,31+,32+/m1/s1. The smallest absolute Gasteiger partial charge is 0.170 e. The summed E-state index contributed by atoms with van der Waals surface area (Å²) in [7, 11) is 0. The van der Waals surface area contributed by atoms with Gasteiger partial charge in [-0.05, 0) is 34.8 Å². The molecule has 0 heterocycles. The number of rotatable bonds is 5. The second-order valence-corrected chi connectivity index (χ2v) is 9.35. The van der Waals surface area contributed by atoms with Crippen LogP contribution in [-0.2, 0) is 11.0 Å². The van der Waals surface area contributed by atoms with E-state index in [4.69, 9.17) is 0 Å². The van der Waals surface area contributed by atoms with Crippen LogP contribution < -0.4 is 0 Å². The molecule has 3 atom stereocenters. The Bertz CT molecular complexity index is 1300. The van der Waals surface area contributed by atoms with Crippen molar-refractivity contribution in [3.8, 4) is 0 Å². The predicted molar refractivity (Wildman–Crippen MR) is 137 cm³/mol. The fourth-order valence-electron chi connectivity index (χ4n) is 5.52. The number of carbonyl (C=O) groups is 1. The van der Waals surface area contributed by atoms with Gasteiger partial charge in [-0.1, -0.05) is 128 Å². The molecule has 168 valence electrons. The third kappa shape index (κ3) is 3.81. The maximum Gasteiger partial charge on any atom is 0.170 e.